The Kier molecular flexibility index (Phi) is 4.97. The standard InChI is InChI=1S/C19H30N2/c1-15(2)17-12-19(13-17)20-18-8-10-21(11-9-18)14-16-6-4-3-5-7-16/h3-7,15,17-20H,8-14H2,1-2H3. The highest BCUT2D eigenvalue weighted by Gasteiger charge is 2.32. The van der Waals surface area contributed by atoms with Crippen LogP contribution in [-0.4, -0.2) is 30.1 Å². The van der Waals surface area contributed by atoms with Crippen molar-refractivity contribution in [3.63, 3.8) is 0 Å². The van der Waals surface area contributed by atoms with E-state index in [9.17, 15) is 0 Å². The topological polar surface area (TPSA) is 15.3 Å². The van der Waals surface area contributed by atoms with Crippen molar-refractivity contribution in [2.24, 2.45) is 11.8 Å². The predicted molar refractivity (Wildman–Crippen MR) is 89.2 cm³/mol. The van der Waals surface area contributed by atoms with E-state index in [2.05, 4.69) is 54.4 Å². The van der Waals surface area contributed by atoms with E-state index < -0.39 is 0 Å². The molecule has 0 aromatic heterocycles. The van der Waals surface area contributed by atoms with Crippen LogP contribution in [0.5, 0.6) is 0 Å². The Bertz CT molecular complexity index is 414. The van der Waals surface area contributed by atoms with Gasteiger partial charge in [0.1, 0.15) is 0 Å². The zero-order valence-electron chi connectivity index (χ0n) is 13.6. The fourth-order valence-electron chi connectivity index (χ4n) is 3.77. The molecule has 1 aromatic rings. The summed E-state index contributed by atoms with van der Waals surface area (Å²) >= 11 is 0. The summed E-state index contributed by atoms with van der Waals surface area (Å²) in [6, 6.07) is 12.4. The highest BCUT2D eigenvalue weighted by atomic mass is 15.1. The minimum atomic E-state index is 0.759. The molecule has 3 rings (SSSR count). The molecule has 21 heavy (non-hydrogen) atoms. The van der Waals surface area contributed by atoms with Crippen LogP contribution < -0.4 is 5.32 Å². The average molecular weight is 286 g/mol. The van der Waals surface area contributed by atoms with Gasteiger partial charge in [0.25, 0.3) is 0 Å². The fraction of sp³-hybridized carbons (Fsp3) is 0.684. The molecule has 0 spiro atoms. The first kappa shape index (κ1) is 15.1. The molecule has 2 heteroatoms. The summed E-state index contributed by atoms with van der Waals surface area (Å²) in [6.45, 7) is 8.33. The Hall–Kier alpha value is -0.860. The second-order valence-electron chi connectivity index (χ2n) is 7.38. The maximum atomic E-state index is 3.90. The van der Waals surface area contributed by atoms with Crippen LogP contribution in [0.3, 0.4) is 0 Å². The van der Waals surface area contributed by atoms with Gasteiger partial charge in [-0.3, -0.25) is 4.90 Å². The molecular formula is C19H30N2. The maximum absolute atomic E-state index is 3.90. The molecule has 0 atom stereocenters. The Morgan fingerprint density at radius 1 is 1.05 bits per heavy atom. The van der Waals surface area contributed by atoms with Gasteiger partial charge >= 0.3 is 0 Å². The zero-order chi connectivity index (χ0) is 14.7. The van der Waals surface area contributed by atoms with Gasteiger partial charge < -0.3 is 5.32 Å². The highest BCUT2D eigenvalue weighted by molar-refractivity contribution is 5.14. The van der Waals surface area contributed by atoms with E-state index in [4.69, 9.17) is 0 Å². The first-order valence-corrected chi connectivity index (χ1v) is 8.73. The van der Waals surface area contributed by atoms with E-state index in [1.54, 1.807) is 0 Å². The molecule has 0 bridgehead atoms. The molecule has 1 heterocycles. The van der Waals surface area contributed by atoms with Gasteiger partial charge in [0, 0.05) is 18.6 Å². The maximum Gasteiger partial charge on any atom is 0.0233 e. The van der Waals surface area contributed by atoms with Crippen LogP contribution in [0.4, 0.5) is 0 Å². The molecule has 1 saturated heterocycles. The van der Waals surface area contributed by atoms with Gasteiger partial charge in [0.05, 0.1) is 0 Å². The largest absolute Gasteiger partial charge is 0.311 e. The quantitative estimate of drug-likeness (QED) is 0.888. The SMILES string of the molecule is CC(C)C1CC(NC2CCN(Cc3ccccc3)CC2)C1. The lowest BCUT2D eigenvalue weighted by molar-refractivity contribution is 0.128. The van der Waals surface area contributed by atoms with E-state index in [-0.39, 0.29) is 0 Å². The third-order valence-corrected chi connectivity index (χ3v) is 5.43. The number of nitrogens with one attached hydrogen (secondary N) is 1. The smallest absolute Gasteiger partial charge is 0.0233 e. The summed E-state index contributed by atoms with van der Waals surface area (Å²) in [5.41, 5.74) is 1.45. The molecule has 116 valence electrons. The molecule has 0 amide bonds. The molecule has 1 aliphatic carbocycles. The lowest BCUT2D eigenvalue weighted by atomic mass is 9.73. The minimum Gasteiger partial charge on any atom is -0.311 e. The number of hydrogen-bond acceptors (Lipinski definition) is 2. The molecule has 1 saturated carbocycles. The number of piperidine rings is 1. The first-order chi connectivity index (χ1) is 10.2. The van der Waals surface area contributed by atoms with E-state index >= 15 is 0 Å². The van der Waals surface area contributed by atoms with Crippen molar-refractivity contribution in [1.82, 2.24) is 10.2 Å². The number of rotatable bonds is 5. The molecule has 1 aliphatic heterocycles. The van der Waals surface area contributed by atoms with Crippen molar-refractivity contribution in [2.75, 3.05) is 13.1 Å². The highest BCUT2D eigenvalue weighted by Crippen LogP contribution is 2.34. The Morgan fingerprint density at radius 2 is 1.71 bits per heavy atom. The van der Waals surface area contributed by atoms with E-state index in [1.807, 2.05) is 0 Å². The summed E-state index contributed by atoms with van der Waals surface area (Å²) in [5, 5.41) is 3.90. The number of likely N-dealkylation sites (tertiary alicyclic amines) is 1. The van der Waals surface area contributed by atoms with E-state index in [0.29, 0.717) is 0 Å². The summed E-state index contributed by atoms with van der Waals surface area (Å²) in [4.78, 5) is 2.60. The van der Waals surface area contributed by atoms with Crippen molar-refractivity contribution in [3.8, 4) is 0 Å². The lowest BCUT2D eigenvalue weighted by Gasteiger charge is -2.42. The zero-order valence-corrected chi connectivity index (χ0v) is 13.6. The molecule has 1 N–H and O–H groups in total. The fourth-order valence-corrected chi connectivity index (χ4v) is 3.77. The van der Waals surface area contributed by atoms with Crippen molar-refractivity contribution in [3.05, 3.63) is 35.9 Å². The molecule has 2 aliphatic rings. The third-order valence-electron chi connectivity index (χ3n) is 5.43. The van der Waals surface area contributed by atoms with Crippen molar-refractivity contribution in [2.45, 2.75) is 58.2 Å². The number of hydrogen-bond donors (Lipinski definition) is 1. The van der Waals surface area contributed by atoms with Crippen LogP contribution in [0.15, 0.2) is 30.3 Å². The van der Waals surface area contributed by atoms with E-state index in [1.165, 1.54) is 44.3 Å². The third kappa shape index (κ3) is 4.08. The summed E-state index contributed by atoms with van der Waals surface area (Å²) in [5.74, 6) is 1.84. The predicted octanol–water partition coefficient (Wildman–Crippen LogP) is 3.68. The first-order valence-electron chi connectivity index (χ1n) is 8.73. The Morgan fingerprint density at radius 3 is 2.33 bits per heavy atom. The molecule has 2 fully saturated rings. The molecule has 0 radical (unpaired) electrons. The van der Waals surface area contributed by atoms with Gasteiger partial charge in [-0.15, -0.1) is 0 Å². The Balaban J connectivity index is 1.36. The van der Waals surface area contributed by atoms with Crippen LogP contribution in [-0.2, 0) is 6.54 Å². The number of benzene rings is 1. The van der Waals surface area contributed by atoms with Crippen LogP contribution in [0.25, 0.3) is 0 Å². The van der Waals surface area contributed by atoms with E-state index in [0.717, 1.165) is 30.5 Å². The molecule has 0 unspecified atom stereocenters. The van der Waals surface area contributed by atoms with Gasteiger partial charge in [-0.2, -0.15) is 0 Å². The van der Waals surface area contributed by atoms with Gasteiger partial charge in [-0.05, 0) is 56.2 Å². The Labute approximate surface area is 129 Å². The second-order valence-corrected chi connectivity index (χ2v) is 7.38. The lowest BCUT2D eigenvalue weighted by Crippen LogP contribution is -2.51. The summed E-state index contributed by atoms with van der Waals surface area (Å²) in [7, 11) is 0. The molecule has 2 nitrogen and oxygen atoms in total. The van der Waals surface area contributed by atoms with Gasteiger partial charge in [-0.25, -0.2) is 0 Å². The van der Waals surface area contributed by atoms with Gasteiger partial charge in [-0.1, -0.05) is 44.2 Å². The van der Waals surface area contributed by atoms with Crippen molar-refractivity contribution < 1.29 is 0 Å². The van der Waals surface area contributed by atoms with Crippen LogP contribution >= 0.6 is 0 Å². The van der Waals surface area contributed by atoms with Crippen LogP contribution in [0.2, 0.25) is 0 Å². The minimum absolute atomic E-state index is 0.759. The average Bonchev–Trinajstić information content (AvgIpc) is 2.45. The van der Waals surface area contributed by atoms with Crippen LogP contribution in [0, 0.1) is 11.8 Å². The van der Waals surface area contributed by atoms with Crippen molar-refractivity contribution in [1.29, 1.82) is 0 Å². The normalized spacial score (nSPS) is 27.8. The van der Waals surface area contributed by atoms with Gasteiger partial charge in [0.2, 0.25) is 0 Å². The second kappa shape index (κ2) is 6.93. The monoisotopic (exact) mass is 286 g/mol. The summed E-state index contributed by atoms with van der Waals surface area (Å²) in [6.07, 6.45) is 5.44. The molecular weight excluding hydrogens is 256 g/mol. The van der Waals surface area contributed by atoms with Crippen LogP contribution in [0.1, 0.15) is 45.1 Å². The summed E-state index contributed by atoms with van der Waals surface area (Å²) < 4.78 is 0. The number of nitrogens with zero attached hydrogens (tertiary/aromatic N) is 1. The van der Waals surface area contributed by atoms with Crippen molar-refractivity contribution >= 4 is 0 Å². The molecule has 1 aromatic carbocycles. The van der Waals surface area contributed by atoms with Gasteiger partial charge in [0.15, 0.2) is 0 Å².